The molecule has 0 saturated carbocycles. The van der Waals surface area contributed by atoms with Gasteiger partial charge in [0.1, 0.15) is 0 Å². The van der Waals surface area contributed by atoms with E-state index in [9.17, 15) is 14.4 Å². The van der Waals surface area contributed by atoms with Crippen LogP contribution in [0.3, 0.4) is 0 Å². The van der Waals surface area contributed by atoms with Gasteiger partial charge in [-0.3, -0.25) is 14.4 Å². The lowest BCUT2D eigenvalue weighted by Crippen LogP contribution is -2.46. The van der Waals surface area contributed by atoms with Crippen molar-refractivity contribution in [2.75, 3.05) is 6.54 Å². The van der Waals surface area contributed by atoms with Crippen LogP contribution in [0, 0.1) is 0 Å². The highest BCUT2D eigenvalue weighted by Crippen LogP contribution is 2.19. The average Bonchev–Trinajstić information content (AvgIpc) is 2.66. The first-order valence-electron chi connectivity index (χ1n) is 9.35. The van der Waals surface area contributed by atoms with Crippen molar-refractivity contribution in [1.29, 1.82) is 0 Å². The summed E-state index contributed by atoms with van der Waals surface area (Å²) in [6.45, 7) is 5.32. The summed E-state index contributed by atoms with van der Waals surface area (Å²) in [5.41, 5.74) is 2.59. The van der Waals surface area contributed by atoms with Gasteiger partial charge >= 0.3 is 0 Å². The molecule has 0 spiro atoms. The standard InChI is InChI=1S/C22H27N3O3/c1-15(2)24-21(27)13-20(14-23-16(3)26)25-22(28)19-11-9-18(10-12-19)17-7-5-4-6-8-17/h4-12,15,20H,13-14H2,1-3H3,(H,23,26)(H,24,27)(H,25,28)/t20-/m0/s1. The van der Waals surface area contributed by atoms with Crippen molar-refractivity contribution < 1.29 is 14.4 Å². The van der Waals surface area contributed by atoms with E-state index in [4.69, 9.17) is 0 Å². The van der Waals surface area contributed by atoms with Crippen LogP contribution in [0.5, 0.6) is 0 Å². The van der Waals surface area contributed by atoms with E-state index in [0.717, 1.165) is 11.1 Å². The van der Waals surface area contributed by atoms with E-state index in [0.29, 0.717) is 5.56 Å². The average molecular weight is 381 g/mol. The predicted molar refractivity (Wildman–Crippen MR) is 110 cm³/mol. The molecule has 0 aliphatic rings. The largest absolute Gasteiger partial charge is 0.354 e. The van der Waals surface area contributed by atoms with Gasteiger partial charge in [-0.1, -0.05) is 42.5 Å². The highest BCUT2D eigenvalue weighted by molar-refractivity contribution is 5.95. The fourth-order valence-electron chi connectivity index (χ4n) is 2.76. The molecule has 2 aromatic rings. The Hall–Kier alpha value is -3.15. The summed E-state index contributed by atoms with van der Waals surface area (Å²) in [7, 11) is 0. The Morgan fingerprint density at radius 1 is 0.857 bits per heavy atom. The van der Waals surface area contributed by atoms with Crippen molar-refractivity contribution in [2.24, 2.45) is 0 Å². The van der Waals surface area contributed by atoms with Gasteiger partial charge in [-0.2, -0.15) is 0 Å². The monoisotopic (exact) mass is 381 g/mol. The first kappa shape index (κ1) is 21.2. The van der Waals surface area contributed by atoms with Crippen molar-refractivity contribution >= 4 is 17.7 Å². The number of amides is 3. The van der Waals surface area contributed by atoms with Gasteiger partial charge in [-0.05, 0) is 37.1 Å². The molecule has 0 unspecified atom stereocenters. The van der Waals surface area contributed by atoms with Gasteiger partial charge in [0.2, 0.25) is 11.8 Å². The molecule has 2 rings (SSSR count). The first-order chi connectivity index (χ1) is 13.3. The second kappa shape index (κ2) is 10.3. The molecule has 0 heterocycles. The minimum atomic E-state index is -0.496. The van der Waals surface area contributed by atoms with Crippen LogP contribution in [0.1, 0.15) is 37.6 Å². The summed E-state index contributed by atoms with van der Waals surface area (Å²) >= 11 is 0. The van der Waals surface area contributed by atoms with Gasteiger partial charge in [0.25, 0.3) is 5.91 Å². The van der Waals surface area contributed by atoms with Crippen LogP contribution >= 0.6 is 0 Å². The van der Waals surface area contributed by atoms with E-state index >= 15 is 0 Å². The van der Waals surface area contributed by atoms with Crippen molar-refractivity contribution in [3.63, 3.8) is 0 Å². The summed E-state index contributed by atoms with van der Waals surface area (Å²) in [5.74, 6) is -0.673. The van der Waals surface area contributed by atoms with E-state index in [2.05, 4.69) is 16.0 Å². The Labute approximate surface area is 165 Å². The maximum atomic E-state index is 12.6. The molecule has 0 aliphatic carbocycles. The second-order valence-corrected chi connectivity index (χ2v) is 6.98. The third-order valence-corrected chi connectivity index (χ3v) is 4.07. The van der Waals surface area contributed by atoms with Crippen molar-refractivity contribution in [3.05, 3.63) is 60.2 Å². The molecule has 2 aromatic carbocycles. The first-order valence-corrected chi connectivity index (χ1v) is 9.35. The maximum Gasteiger partial charge on any atom is 0.251 e. The molecular formula is C22H27N3O3. The summed E-state index contributed by atoms with van der Waals surface area (Å²) in [4.78, 5) is 35.9. The molecule has 0 fully saturated rings. The molecule has 3 amide bonds. The predicted octanol–water partition coefficient (Wildman–Crippen LogP) is 2.50. The molecule has 0 saturated heterocycles. The fraction of sp³-hybridized carbons (Fsp3) is 0.318. The molecule has 28 heavy (non-hydrogen) atoms. The Bertz CT molecular complexity index is 802. The van der Waals surface area contributed by atoms with E-state index in [1.165, 1.54) is 6.92 Å². The SMILES string of the molecule is CC(=O)NC[C@H](CC(=O)NC(C)C)NC(=O)c1ccc(-c2ccccc2)cc1. The maximum absolute atomic E-state index is 12.6. The number of hydrogen-bond acceptors (Lipinski definition) is 3. The number of rotatable bonds is 8. The molecular weight excluding hydrogens is 354 g/mol. The van der Waals surface area contributed by atoms with E-state index in [-0.39, 0.29) is 36.7 Å². The zero-order chi connectivity index (χ0) is 20.5. The zero-order valence-electron chi connectivity index (χ0n) is 16.5. The number of benzene rings is 2. The molecule has 0 aromatic heterocycles. The summed E-state index contributed by atoms with van der Waals surface area (Å²) < 4.78 is 0. The Morgan fingerprint density at radius 2 is 1.46 bits per heavy atom. The molecule has 148 valence electrons. The van der Waals surface area contributed by atoms with Crippen LogP contribution in [-0.4, -0.2) is 36.3 Å². The van der Waals surface area contributed by atoms with Gasteiger partial charge < -0.3 is 16.0 Å². The molecule has 0 bridgehead atoms. The quantitative estimate of drug-likeness (QED) is 0.657. The van der Waals surface area contributed by atoms with E-state index in [1.54, 1.807) is 12.1 Å². The van der Waals surface area contributed by atoms with Crippen LogP contribution in [0.2, 0.25) is 0 Å². The molecule has 1 atom stereocenters. The van der Waals surface area contributed by atoms with Crippen molar-refractivity contribution in [1.82, 2.24) is 16.0 Å². The van der Waals surface area contributed by atoms with Crippen LogP contribution < -0.4 is 16.0 Å². The zero-order valence-corrected chi connectivity index (χ0v) is 16.5. The Kier molecular flexibility index (Phi) is 7.75. The van der Waals surface area contributed by atoms with Crippen LogP contribution in [0.25, 0.3) is 11.1 Å². The number of nitrogens with one attached hydrogen (secondary N) is 3. The molecule has 0 radical (unpaired) electrons. The summed E-state index contributed by atoms with van der Waals surface area (Å²) in [6, 6.07) is 16.7. The summed E-state index contributed by atoms with van der Waals surface area (Å²) in [6.07, 6.45) is 0.0896. The lowest BCUT2D eigenvalue weighted by molar-refractivity contribution is -0.123. The van der Waals surface area contributed by atoms with Crippen LogP contribution in [-0.2, 0) is 9.59 Å². The van der Waals surface area contributed by atoms with Gasteiger partial charge in [0.15, 0.2) is 0 Å². The van der Waals surface area contributed by atoms with E-state index in [1.807, 2.05) is 56.3 Å². The van der Waals surface area contributed by atoms with Gasteiger partial charge in [0.05, 0.1) is 6.04 Å². The smallest absolute Gasteiger partial charge is 0.251 e. The van der Waals surface area contributed by atoms with Crippen molar-refractivity contribution in [2.45, 2.75) is 39.3 Å². The van der Waals surface area contributed by atoms with Gasteiger partial charge in [-0.25, -0.2) is 0 Å². The summed E-state index contributed by atoms with van der Waals surface area (Å²) in [5, 5.41) is 8.29. The highest BCUT2D eigenvalue weighted by Gasteiger charge is 2.18. The minimum Gasteiger partial charge on any atom is -0.354 e. The third kappa shape index (κ3) is 6.87. The van der Waals surface area contributed by atoms with Crippen molar-refractivity contribution in [3.8, 4) is 11.1 Å². The highest BCUT2D eigenvalue weighted by atomic mass is 16.2. The Morgan fingerprint density at radius 3 is 2.04 bits per heavy atom. The Balaban J connectivity index is 2.04. The van der Waals surface area contributed by atoms with Crippen LogP contribution in [0.4, 0.5) is 0 Å². The number of carbonyl (C=O) groups is 3. The third-order valence-electron chi connectivity index (χ3n) is 4.07. The minimum absolute atomic E-state index is 0.00940. The molecule has 0 aliphatic heterocycles. The van der Waals surface area contributed by atoms with Gasteiger partial charge in [0, 0.05) is 31.5 Å². The molecule has 3 N–H and O–H groups in total. The normalized spacial score (nSPS) is 11.6. The second-order valence-electron chi connectivity index (χ2n) is 6.98. The van der Waals surface area contributed by atoms with Gasteiger partial charge in [-0.15, -0.1) is 0 Å². The molecule has 6 heteroatoms. The van der Waals surface area contributed by atoms with Crippen LogP contribution in [0.15, 0.2) is 54.6 Å². The number of hydrogen-bond donors (Lipinski definition) is 3. The topological polar surface area (TPSA) is 87.3 Å². The van der Waals surface area contributed by atoms with E-state index < -0.39 is 6.04 Å². The lowest BCUT2D eigenvalue weighted by atomic mass is 10.0. The molecule has 6 nitrogen and oxygen atoms in total. The number of carbonyl (C=O) groups excluding carboxylic acids is 3. The fourth-order valence-corrected chi connectivity index (χ4v) is 2.76. The lowest BCUT2D eigenvalue weighted by Gasteiger charge is -2.19.